The monoisotopic (exact) mass is 430 g/mol. The summed E-state index contributed by atoms with van der Waals surface area (Å²) in [4.78, 5) is 18.9. The second-order valence-corrected chi connectivity index (χ2v) is 7.32. The molecule has 0 saturated carbocycles. The highest BCUT2D eigenvalue weighted by Crippen LogP contribution is 2.33. The van der Waals surface area contributed by atoms with E-state index in [1.54, 1.807) is 17.0 Å². The van der Waals surface area contributed by atoms with E-state index in [1.165, 1.54) is 12.1 Å². The first kappa shape index (κ1) is 20.9. The first-order chi connectivity index (χ1) is 14.9. The van der Waals surface area contributed by atoms with Crippen LogP contribution in [0, 0.1) is 0 Å². The number of aromatic amines is 1. The van der Waals surface area contributed by atoms with Gasteiger partial charge in [-0.15, -0.1) is 0 Å². The molecule has 2 aromatic carbocycles. The summed E-state index contributed by atoms with van der Waals surface area (Å²) in [6, 6.07) is 13.6. The van der Waals surface area contributed by atoms with Crippen LogP contribution in [0.2, 0.25) is 0 Å². The summed E-state index contributed by atoms with van der Waals surface area (Å²) < 4.78 is 44.6. The van der Waals surface area contributed by atoms with E-state index < -0.39 is 11.7 Å². The Balaban J connectivity index is 1.50. The van der Waals surface area contributed by atoms with E-state index >= 15 is 0 Å². The fourth-order valence-electron chi connectivity index (χ4n) is 3.65. The number of halogens is 3. The van der Waals surface area contributed by atoms with Gasteiger partial charge in [0.25, 0.3) is 5.91 Å². The Morgan fingerprint density at radius 3 is 2.71 bits per heavy atom. The number of amides is 1. The van der Waals surface area contributed by atoms with Crippen LogP contribution in [0.3, 0.4) is 0 Å². The molecule has 1 aliphatic rings. The number of benzene rings is 2. The fraction of sp³-hybridized carbons (Fsp3) is 0.318. The molecule has 2 heterocycles. The van der Waals surface area contributed by atoms with Gasteiger partial charge in [-0.05, 0) is 43.5 Å². The number of carbonyl (C=O) groups is 1. The molecule has 1 aliphatic heterocycles. The minimum Gasteiger partial charge on any atom is -0.484 e. The van der Waals surface area contributed by atoms with Crippen LogP contribution in [0.25, 0.3) is 11.4 Å². The zero-order chi connectivity index (χ0) is 21.8. The fourth-order valence-corrected chi connectivity index (χ4v) is 3.65. The molecular formula is C22H21F3N4O2. The number of nitrogens with one attached hydrogen (secondary N) is 1. The molecular weight excluding hydrogens is 409 g/mol. The minimum absolute atomic E-state index is 0.102. The number of ether oxygens (including phenoxy) is 1. The minimum atomic E-state index is -4.44. The van der Waals surface area contributed by atoms with Gasteiger partial charge in [-0.3, -0.25) is 9.89 Å². The van der Waals surface area contributed by atoms with Crippen LogP contribution in [0.1, 0.15) is 36.7 Å². The Kier molecular flexibility index (Phi) is 5.92. The third kappa shape index (κ3) is 4.87. The molecule has 0 aliphatic carbocycles. The van der Waals surface area contributed by atoms with E-state index in [-0.39, 0.29) is 29.9 Å². The second kappa shape index (κ2) is 8.79. The lowest BCUT2D eigenvalue weighted by Crippen LogP contribution is -2.41. The SMILES string of the molecule is O=C(COc1ccccc1)N1CCCCC1c1nc(-c2cccc(C(F)(F)F)c2)n[nH]1. The van der Waals surface area contributed by atoms with Gasteiger partial charge in [0, 0.05) is 12.1 Å². The van der Waals surface area contributed by atoms with Gasteiger partial charge in [0.15, 0.2) is 12.4 Å². The van der Waals surface area contributed by atoms with Gasteiger partial charge in [-0.1, -0.05) is 30.3 Å². The molecule has 1 fully saturated rings. The van der Waals surface area contributed by atoms with Crippen molar-refractivity contribution in [2.75, 3.05) is 13.2 Å². The van der Waals surface area contributed by atoms with Crippen LogP contribution < -0.4 is 4.74 Å². The third-order valence-corrected chi connectivity index (χ3v) is 5.20. The van der Waals surface area contributed by atoms with Crippen molar-refractivity contribution in [2.45, 2.75) is 31.5 Å². The standard InChI is InChI=1S/C22H21F3N4O2/c23-22(24,25)16-8-6-7-15(13-16)20-26-21(28-27-20)18-11-4-5-12-29(18)19(30)14-31-17-9-2-1-3-10-17/h1-3,6-10,13,18H,4-5,11-12,14H2,(H,26,27,28). The van der Waals surface area contributed by atoms with Crippen molar-refractivity contribution in [1.29, 1.82) is 0 Å². The molecule has 4 rings (SSSR count). The van der Waals surface area contributed by atoms with E-state index in [4.69, 9.17) is 4.74 Å². The molecule has 1 N–H and O–H groups in total. The molecule has 162 valence electrons. The Morgan fingerprint density at radius 1 is 1.13 bits per heavy atom. The molecule has 9 heteroatoms. The number of hydrogen-bond acceptors (Lipinski definition) is 4. The lowest BCUT2D eigenvalue weighted by molar-refractivity contribution is -0.138. The molecule has 1 aromatic heterocycles. The topological polar surface area (TPSA) is 71.1 Å². The van der Waals surface area contributed by atoms with Crippen molar-refractivity contribution < 1.29 is 22.7 Å². The van der Waals surface area contributed by atoms with Gasteiger partial charge >= 0.3 is 6.18 Å². The molecule has 1 unspecified atom stereocenters. The van der Waals surface area contributed by atoms with E-state index in [1.807, 2.05) is 18.2 Å². The molecule has 1 amide bonds. The summed E-state index contributed by atoms with van der Waals surface area (Å²) in [6.07, 6.45) is -1.98. The highest BCUT2D eigenvalue weighted by atomic mass is 19.4. The highest BCUT2D eigenvalue weighted by Gasteiger charge is 2.32. The number of likely N-dealkylation sites (tertiary alicyclic amines) is 1. The maximum atomic E-state index is 13.0. The molecule has 31 heavy (non-hydrogen) atoms. The van der Waals surface area contributed by atoms with Gasteiger partial charge in [-0.2, -0.15) is 18.3 Å². The molecule has 0 radical (unpaired) electrons. The summed E-state index contributed by atoms with van der Waals surface area (Å²) in [7, 11) is 0. The lowest BCUT2D eigenvalue weighted by atomic mass is 10.0. The normalized spacial score (nSPS) is 16.9. The maximum absolute atomic E-state index is 13.0. The van der Waals surface area contributed by atoms with E-state index in [0.29, 0.717) is 24.5 Å². The Hall–Kier alpha value is -3.36. The molecule has 0 spiro atoms. The summed E-state index contributed by atoms with van der Waals surface area (Å²) in [5.74, 6) is 1.06. The van der Waals surface area contributed by atoms with E-state index in [0.717, 1.165) is 25.0 Å². The lowest BCUT2D eigenvalue weighted by Gasteiger charge is -2.34. The average molecular weight is 430 g/mol. The molecule has 0 bridgehead atoms. The number of H-pyrrole nitrogens is 1. The second-order valence-electron chi connectivity index (χ2n) is 7.32. The molecule has 1 atom stereocenters. The van der Waals surface area contributed by atoms with Crippen LogP contribution in [0.5, 0.6) is 5.75 Å². The van der Waals surface area contributed by atoms with Gasteiger partial charge in [0.05, 0.1) is 11.6 Å². The van der Waals surface area contributed by atoms with Crippen LogP contribution in [0.4, 0.5) is 13.2 Å². The van der Waals surface area contributed by atoms with Gasteiger partial charge < -0.3 is 9.64 Å². The number of piperidine rings is 1. The first-order valence-corrected chi connectivity index (χ1v) is 9.99. The Labute approximate surface area is 177 Å². The number of nitrogens with zero attached hydrogens (tertiary/aromatic N) is 3. The summed E-state index contributed by atoms with van der Waals surface area (Å²) >= 11 is 0. The zero-order valence-electron chi connectivity index (χ0n) is 16.6. The van der Waals surface area contributed by atoms with Crippen LogP contribution in [0.15, 0.2) is 54.6 Å². The molecule has 1 saturated heterocycles. The van der Waals surface area contributed by atoms with Crippen molar-refractivity contribution in [3.8, 4) is 17.1 Å². The van der Waals surface area contributed by atoms with Crippen molar-refractivity contribution in [1.82, 2.24) is 20.1 Å². The van der Waals surface area contributed by atoms with Crippen molar-refractivity contribution in [3.63, 3.8) is 0 Å². The number of carbonyl (C=O) groups excluding carboxylic acids is 1. The maximum Gasteiger partial charge on any atom is 0.416 e. The Morgan fingerprint density at radius 2 is 1.94 bits per heavy atom. The summed E-state index contributed by atoms with van der Waals surface area (Å²) in [5.41, 5.74) is -0.498. The quantitative estimate of drug-likeness (QED) is 0.641. The van der Waals surface area contributed by atoms with Crippen LogP contribution >= 0.6 is 0 Å². The predicted molar refractivity (Wildman–Crippen MR) is 107 cm³/mol. The van der Waals surface area contributed by atoms with Gasteiger partial charge in [0.1, 0.15) is 11.6 Å². The van der Waals surface area contributed by atoms with Gasteiger partial charge in [0.2, 0.25) is 0 Å². The summed E-state index contributed by atoms with van der Waals surface area (Å²) in [5, 5.41) is 6.91. The average Bonchev–Trinajstić information content (AvgIpc) is 3.28. The number of para-hydroxylation sites is 1. The van der Waals surface area contributed by atoms with E-state index in [9.17, 15) is 18.0 Å². The van der Waals surface area contributed by atoms with E-state index in [2.05, 4.69) is 15.2 Å². The number of rotatable bonds is 5. The largest absolute Gasteiger partial charge is 0.484 e. The van der Waals surface area contributed by atoms with Gasteiger partial charge in [-0.25, -0.2) is 4.98 Å². The Bertz CT molecular complexity index is 1040. The third-order valence-electron chi connectivity index (χ3n) is 5.20. The van der Waals surface area contributed by atoms with Crippen LogP contribution in [-0.4, -0.2) is 39.1 Å². The molecule has 3 aromatic rings. The zero-order valence-corrected chi connectivity index (χ0v) is 16.6. The van der Waals surface area contributed by atoms with Crippen molar-refractivity contribution in [2.24, 2.45) is 0 Å². The summed E-state index contributed by atoms with van der Waals surface area (Å²) in [6.45, 7) is 0.455. The highest BCUT2D eigenvalue weighted by molar-refractivity contribution is 5.78. The smallest absolute Gasteiger partial charge is 0.416 e. The van der Waals surface area contributed by atoms with Crippen molar-refractivity contribution >= 4 is 5.91 Å². The molecule has 6 nitrogen and oxygen atoms in total. The van der Waals surface area contributed by atoms with Crippen molar-refractivity contribution in [3.05, 3.63) is 66.0 Å². The number of aromatic nitrogens is 3. The van der Waals surface area contributed by atoms with Crippen LogP contribution in [-0.2, 0) is 11.0 Å². The number of hydrogen-bond donors (Lipinski definition) is 1. The predicted octanol–water partition coefficient (Wildman–Crippen LogP) is 4.62. The number of alkyl halides is 3. The first-order valence-electron chi connectivity index (χ1n) is 9.99.